The van der Waals surface area contributed by atoms with Crippen LogP contribution in [-0.2, 0) is 16.1 Å². The minimum Gasteiger partial charge on any atom is -0.494 e. The number of hydrogen-bond donors (Lipinski definition) is 5. The van der Waals surface area contributed by atoms with Gasteiger partial charge in [0, 0.05) is 25.2 Å². The molecule has 1 aliphatic carbocycles. The van der Waals surface area contributed by atoms with Gasteiger partial charge in [0.15, 0.2) is 5.75 Å². The van der Waals surface area contributed by atoms with Gasteiger partial charge in [-0.3, -0.25) is 24.2 Å². The Morgan fingerprint density at radius 3 is 2.42 bits per heavy atom. The van der Waals surface area contributed by atoms with Gasteiger partial charge in [0.25, 0.3) is 11.8 Å². The number of anilines is 4. The van der Waals surface area contributed by atoms with Gasteiger partial charge in [-0.15, -0.1) is 11.6 Å². The Hall–Kier alpha value is -4.71. The van der Waals surface area contributed by atoms with E-state index >= 15 is 0 Å². The first-order chi connectivity index (χ1) is 19.3. The van der Waals surface area contributed by atoms with E-state index in [-0.39, 0.29) is 52.9 Å². The molecule has 2 aromatic heterocycles. The number of carbonyl (C=O) groups excluding carboxylic acids is 4. The summed E-state index contributed by atoms with van der Waals surface area (Å²) in [4.78, 5) is 57.7. The smallest absolute Gasteiger partial charge is 0.255 e. The summed E-state index contributed by atoms with van der Waals surface area (Å²) in [6.45, 7) is 0.124. The van der Waals surface area contributed by atoms with Crippen LogP contribution in [0, 0.1) is 5.92 Å². The standard InChI is InChI=1S/C27H28ClN7O5/c1-29-26(38)19-14-31-22(35-25(37)15-6-7-15)10-21(19)34-20-5-3-4-18(24(20)40-2)27(39)32-12-16-8-9-17(13-30-16)33-23(36)11-28/h3-5,8-10,13-15H,6-7,11-12H2,1-2H3,(H,29,38)(H,32,39)(H,33,36)(H2,31,34,35,37). The topological polar surface area (TPSA) is 163 Å². The van der Waals surface area contributed by atoms with Crippen molar-refractivity contribution in [3.05, 3.63) is 65.6 Å². The summed E-state index contributed by atoms with van der Waals surface area (Å²) >= 11 is 5.49. The van der Waals surface area contributed by atoms with Crippen LogP contribution in [0.15, 0.2) is 48.8 Å². The number of methoxy groups -OCH3 is 1. The number of halogens is 1. The molecule has 4 amide bonds. The molecule has 3 aromatic rings. The Morgan fingerprint density at radius 2 is 1.77 bits per heavy atom. The van der Waals surface area contributed by atoms with Crippen LogP contribution in [0.5, 0.6) is 5.75 Å². The minimum atomic E-state index is -0.416. The second-order valence-corrected chi connectivity index (χ2v) is 9.14. The van der Waals surface area contributed by atoms with Gasteiger partial charge in [-0.25, -0.2) is 4.98 Å². The van der Waals surface area contributed by atoms with E-state index < -0.39 is 5.91 Å². The third-order valence-electron chi connectivity index (χ3n) is 5.97. The molecule has 40 heavy (non-hydrogen) atoms. The lowest BCUT2D eigenvalue weighted by Gasteiger charge is -2.17. The van der Waals surface area contributed by atoms with Crippen molar-refractivity contribution < 1.29 is 23.9 Å². The van der Waals surface area contributed by atoms with Gasteiger partial charge >= 0.3 is 0 Å². The fourth-order valence-electron chi connectivity index (χ4n) is 3.76. The second-order valence-electron chi connectivity index (χ2n) is 8.87. The van der Waals surface area contributed by atoms with Crippen molar-refractivity contribution in [1.82, 2.24) is 20.6 Å². The van der Waals surface area contributed by atoms with Crippen LogP contribution in [0.4, 0.5) is 22.9 Å². The molecule has 0 saturated heterocycles. The van der Waals surface area contributed by atoms with E-state index in [1.54, 1.807) is 36.4 Å². The molecule has 12 nitrogen and oxygen atoms in total. The van der Waals surface area contributed by atoms with Crippen molar-refractivity contribution in [1.29, 1.82) is 0 Å². The van der Waals surface area contributed by atoms with Crippen LogP contribution in [-0.4, -0.2) is 53.6 Å². The number of ether oxygens (including phenoxy) is 1. The van der Waals surface area contributed by atoms with Gasteiger partial charge < -0.3 is 31.3 Å². The number of nitrogens with zero attached hydrogens (tertiary/aromatic N) is 2. The van der Waals surface area contributed by atoms with E-state index in [1.165, 1.54) is 26.6 Å². The molecule has 4 rings (SSSR count). The first kappa shape index (κ1) is 28.3. The lowest BCUT2D eigenvalue weighted by molar-refractivity contribution is -0.117. The Morgan fingerprint density at radius 1 is 0.975 bits per heavy atom. The molecule has 1 aliphatic rings. The number of carbonyl (C=O) groups is 4. The summed E-state index contributed by atoms with van der Waals surface area (Å²) in [6, 6.07) is 9.85. The molecule has 0 spiro atoms. The molecule has 2 heterocycles. The first-order valence-corrected chi connectivity index (χ1v) is 12.9. The quantitative estimate of drug-likeness (QED) is 0.221. The third kappa shape index (κ3) is 7.03. The van der Waals surface area contributed by atoms with Crippen LogP contribution in [0.25, 0.3) is 0 Å². The highest BCUT2D eigenvalue weighted by molar-refractivity contribution is 6.29. The highest BCUT2D eigenvalue weighted by Gasteiger charge is 2.30. The number of rotatable bonds is 11. The minimum absolute atomic E-state index is 0.0167. The molecule has 0 unspecified atom stereocenters. The van der Waals surface area contributed by atoms with Crippen LogP contribution < -0.4 is 31.3 Å². The molecule has 0 aliphatic heterocycles. The van der Waals surface area contributed by atoms with Gasteiger partial charge in [-0.2, -0.15) is 0 Å². The van der Waals surface area contributed by atoms with Gasteiger partial charge in [0.2, 0.25) is 11.8 Å². The molecule has 1 aromatic carbocycles. The molecule has 1 saturated carbocycles. The number of benzene rings is 1. The highest BCUT2D eigenvalue weighted by Crippen LogP contribution is 2.34. The molecule has 208 valence electrons. The van der Waals surface area contributed by atoms with Crippen molar-refractivity contribution in [2.24, 2.45) is 5.92 Å². The monoisotopic (exact) mass is 565 g/mol. The highest BCUT2D eigenvalue weighted by atomic mass is 35.5. The number of pyridine rings is 2. The summed E-state index contributed by atoms with van der Waals surface area (Å²) in [7, 11) is 2.93. The Labute approximate surface area is 235 Å². The Bertz CT molecular complexity index is 1430. The van der Waals surface area contributed by atoms with Crippen LogP contribution in [0.3, 0.4) is 0 Å². The molecule has 1 fully saturated rings. The molecule has 0 radical (unpaired) electrons. The zero-order chi connectivity index (χ0) is 28.6. The average Bonchev–Trinajstić information content (AvgIpc) is 3.82. The number of hydrogen-bond acceptors (Lipinski definition) is 8. The molecule has 0 atom stereocenters. The average molecular weight is 566 g/mol. The van der Waals surface area contributed by atoms with Gasteiger partial charge in [-0.05, 0) is 37.1 Å². The summed E-state index contributed by atoms with van der Waals surface area (Å²) in [5.41, 5.74) is 2.32. The van der Waals surface area contributed by atoms with Crippen molar-refractivity contribution in [2.45, 2.75) is 19.4 Å². The zero-order valence-electron chi connectivity index (χ0n) is 21.8. The fourth-order valence-corrected chi connectivity index (χ4v) is 3.83. The number of alkyl halides is 1. The Kier molecular flexibility index (Phi) is 9.12. The number of amides is 4. The van der Waals surface area contributed by atoms with Crippen LogP contribution in [0.1, 0.15) is 39.3 Å². The number of aromatic nitrogens is 2. The molecule has 13 heteroatoms. The maximum Gasteiger partial charge on any atom is 0.255 e. The molecule has 0 bridgehead atoms. The summed E-state index contributed by atoms with van der Waals surface area (Å²) in [5, 5.41) is 13.9. The van der Waals surface area contributed by atoms with Gasteiger partial charge in [0.1, 0.15) is 11.7 Å². The largest absolute Gasteiger partial charge is 0.494 e. The summed E-state index contributed by atoms with van der Waals surface area (Å²) < 4.78 is 5.57. The third-order valence-corrected chi connectivity index (χ3v) is 6.21. The normalized spacial score (nSPS) is 12.2. The molecular formula is C27H28ClN7O5. The lowest BCUT2D eigenvalue weighted by Crippen LogP contribution is -2.24. The zero-order valence-corrected chi connectivity index (χ0v) is 22.6. The van der Waals surface area contributed by atoms with E-state index in [0.717, 1.165) is 12.8 Å². The van der Waals surface area contributed by atoms with Crippen molar-refractivity contribution in [3.8, 4) is 5.75 Å². The van der Waals surface area contributed by atoms with Gasteiger partial charge in [0.05, 0.1) is 53.7 Å². The lowest BCUT2D eigenvalue weighted by atomic mass is 10.1. The number of nitrogens with one attached hydrogen (secondary N) is 5. The fraction of sp³-hybridized carbons (Fsp3) is 0.259. The van der Waals surface area contributed by atoms with E-state index in [2.05, 4.69) is 36.6 Å². The summed E-state index contributed by atoms with van der Waals surface area (Å²) in [6.07, 6.45) is 4.52. The predicted octanol–water partition coefficient (Wildman–Crippen LogP) is 3.04. The maximum absolute atomic E-state index is 13.1. The Balaban J connectivity index is 1.52. The number of para-hydroxylation sites is 1. The van der Waals surface area contributed by atoms with E-state index in [4.69, 9.17) is 16.3 Å². The molecule has 5 N–H and O–H groups in total. The van der Waals surface area contributed by atoms with Crippen molar-refractivity contribution >= 4 is 58.1 Å². The second kappa shape index (κ2) is 12.9. The van der Waals surface area contributed by atoms with Crippen molar-refractivity contribution in [2.75, 3.05) is 36.0 Å². The first-order valence-electron chi connectivity index (χ1n) is 12.4. The maximum atomic E-state index is 13.1. The molecular weight excluding hydrogens is 538 g/mol. The van der Waals surface area contributed by atoms with E-state index in [9.17, 15) is 19.2 Å². The predicted molar refractivity (Wildman–Crippen MR) is 150 cm³/mol. The van der Waals surface area contributed by atoms with Crippen LogP contribution in [0.2, 0.25) is 0 Å². The van der Waals surface area contributed by atoms with Crippen LogP contribution >= 0.6 is 11.6 Å². The van der Waals surface area contributed by atoms with Gasteiger partial charge in [-0.1, -0.05) is 6.07 Å². The van der Waals surface area contributed by atoms with E-state index in [1.807, 2.05) is 0 Å². The SMILES string of the molecule is CNC(=O)c1cnc(NC(=O)C2CC2)cc1Nc1cccc(C(=O)NCc2ccc(NC(=O)CCl)cn2)c1OC. The van der Waals surface area contributed by atoms with E-state index in [0.29, 0.717) is 28.6 Å². The summed E-state index contributed by atoms with van der Waals surface area (Å²) in [5.74, 6) is -0.915. The van der Waals surface area contributed by atoms with Crippen molar-refractivity contribution in [3.63, 3.8) is 0 Å².